The summed E-state index contributed by atoms with van der Waals surface area (Å²) in [7, 11) is -3.99. The molecule has 3 rings (SSSR count). The summed E-state index contributed by atoms with van der Waals surface area (Å²) in [6.07, 6.45) is 1.33. The maximum Gasteiger partial charge on any atom is 0.204 e. The molecular formula is C22H14Br4O4S. The minimum atomic E-state index is -3.99. The Morgan fingerprint density at radius 3 is 1.84 bits per heavy atom. The molecule has 9 heteroatoms. The van der Waals surface area contributed by atoms with Gasteiger partial charge in [-0.05, 0) is 97.6 Å². The number of phenols is 1. The Balaban J connectivity index is 2.12. The van der Waals surface area contributed by atoms with E-state index in [2.05, 4.69) is 63.7 Å². The molecular weight excluding hydrogens is 680 g/mol. The van der Waals surface area contributed by atoms with Crippen molar-refractivity contribution in [1.82, 2.24) is 0 Å². The first-order valence-electron chi connectivity index (χ1n) is 8.74. The van der Waals surface area contributed by atoms with Gasteiger partial charge in [-0.2, -0.15) is 0 Å². The van der Waals surface area contributed by atoms with Crippen molar-refractivity contribution in [3.8, 4) is 5.75 Å². The highest BCUT2D eigenvalue weighted by Crippen LogP contribution is 2.34. The Labute approximate surface area is 213 Å². The van der Waals surface area contributed by atoms with E-state index in [1.165, 1.54) is 6.08 Å². The van der Waals surface area contributed by atoms with Gasteiger partial charge in [-0.3, -0.25) is 4.79 Å². The summed E-state index contributed by atoms with van der Waals surface area (Å²) in [5.74, 6) is -0.949. The van der Waals surface area contributed by atoms with E-state index >= 15 is 0 Å². The normalized spacial score (nSPS) is 12.1. The molecule has 0 fully saturated rings. The van der Waals surface area contributed by atoms with Crippen LogP contribution in [0.1, 0.15) is 21.5 Å². The van der Waals surface area contributed by atoms with Crippen molar-refractivity contribution in [2.24, 2.45) is 0 Å². The van der Waals surface area contributed by atoms with Crippen molar-refractivity contribution < 1.29 is 18.3 Å². The quantitative estimate of drug-likeness (QED) is 0.218. The van der Waals surface area contributed by atoms with Crippen LogP contribution in [0.3, 0.4) is 0 Å². The molecule has 0 saturated carbocycles. The Bertz CT molecular complexity index is 1240. The van der Waals surface area contributed by atoms with Crippen molar-refractivity contribution in [2.45, 2.75) is 5.75 Å². The molecule has 0 aromatic heterocycles. The third kappa shape index (κ3) is 6.16. The molecule has 160 valence electrons. The van der Waals surface area contributed by atoms with Gasteiger partial charge in [0, 0.05) is 14.5 Å². The van der Waals surface area contributed by atoms with Gasteiger partial charge in [0.15, 0.2) is 9.84 Å². The van der Waals surface area contributed by atoms with Crippen molar-refractivity contribution in [1.29, 1.82) is 0 Å². The Kier molecular flexibility index (Phi) is 7.96. The minimum Gasteiger partial charge on any atom is -0.506 e. The highest BCUT2D eigenvalue weighted by atomic mass is 79.9. The molecule has 0 radical (unpaired) electrons. The van der Waals surface area contributed by atoms with Crippen LogP contribution in [0.2, 0.25) is 0 Å². The number of carbonyl (C=O) groups is 1. The highest BCUT2D eigenvalue weighted by Gasteiger charge is 2.27. The van der Waals surface area contributed by atoms with E-state index in [0.717, 1.165) is 8.95 Å². The molecule has 0 saturated heterocycles. The lowest BCUT2D eigenvalue weighted by Gasteiger charge is -2.11. The first-order chi connectivity index (χ1) is 14.6. The number of halogens is 4. The zero-order chi connectivity index (χ0) is 22.8. The van der Waals surface area contributed by atoms with Gasteiger partial charge in [-0.25, -0.2) is 8.42 Å². The van der Waals surface area contributed by atoms with Gasteiger partial charge < -0.3 is 5.11 Å². The Hall–Kier alpha value is -1.26. The van der Waals surface area contributed by atoms with Gasteiger partial charge in [0.25, 0.3) is 0 Å². The monoisotopic (exact) mass is 690 g/mol. The Morgan fingerprint density at radius 1 is 0.839 bits per heavy atom. The second-order valence-electron chi connectivity index (χ2n) is 6.56. The SMILES string of the molecule is O=C(/C(=C\c1cc(Br)c(O)c(Br)c1)S(=O)(=O)Cc1ccc(Br)cc1)c1ccc(Br)cc1. The zero-order valence-electron chi connectivity index (χ0n) is 15.7. The third-order valence-electron chi connectivity index (χ3n) is 4.27. The number of benzene rings is 3. The average Bonchev–Trinajstić information content (AvgIpc) is 2.71. The lowest BCUT2D eigenvalue weighted by Crippen LogP contribution is -2.16. The van der Waals surface area contributed by atoms with E-state index in [1.807, 2.05) is 0 Å². The number of hydrogen-bond donors (Lipinski definition) is 1. The smallest absolute Gasteiger partial charge is 0.204 e. The van der Waals surface area contributed by atoms with Crippen LogP contribution < -0.4 is 0 Å². The van der Waals surface area contributed by atoms with Crippen LogP contribution in [0.15, 0.2) is 83.5 Å². The molecule has 3 aromatic carbocycles. The summed E-state index contributed by atoms with van der Waals surface area (Å²) in [6, 6.07) is 16.5. The maximum atomic E-state index is 13.3. The molecule has 0 aliphatic rings. The van der Waals surface area contributed by atoms with E-state index in [0.29, 0.717) is 20.1 Å². The summed E-state index contributed by atoms with van der Waals surface area (Å²) < 4.78 is 29.0. The maximum absolute atomic E-state index is 13.3. The molecule has 0 unspecified atom stereocenters. The zero-order valence-corrected chi connectivity index (χ0v) is 22.8. The lowest BCUT2D eigenvalue weighted by molar-refractivity contribution is 0.104. The van der Waals surface area contributed by atoms with Crippen LogP contribution in [0, 0.1) is 0 Å². The van der Waals surface area contributed by atoms with Gasteiger partial charge in [0.05, 0.1) is 14.7 Å². The molecule has 0 atom stereocenters. The molecule has 0 bridgehead atoms. The van der Waals surface area contributed by atoms with Crippen LogP contribution in [0.5, 0.6) is 5.75 Å². The van der Waals surface area contributed by atoms with Crippen LogP contribution >= 0.6 is 63.7 Å². The Morgan fingerprint density at radius 2 is 1.32 bits per heavy atom. The fourth-order valence-electron chi connectivity index (χ4n) is 2.74. The molecule has 0 aliphatic heterocycles. The first-order valence-corrected chi connectivity index (χ1v) is 13.6. The van der Waals surface area contributed by atoms with Gasteiger partial charge in [0.2, 0.25) is 5.78 Å². The van der Waals surface area contributed by atoms with Crippen molar-refractivity contribution in [3.63, 3.8) is 0 Å². The van der Waals surface area contributed by atoms with Crippen molar-refractivity contribution >= 4 is 85.4 Å². The van der Waals surface area contributed by atoms with Gasteiger partial charge in [0.1, 0.15) is 10.7 Å². The van der Waals surface area contributed by atoms with Gasteiger partial charge in [-0.15, -0.1) is 0 Å². The molecule has 0 spiro atoms. The molecule has 1 N–H and O–H groups in total. The molecule has 3 aromatic rings. The molecule has 0 aliphatic carbocycles. The van der Waals surface area contributed by atoms with Gasteiger partial charge >= 0.3 is 0 Å². The number of sulfone groups is 1. The van der Waals surface area contributed by atoms with Crippen molar-refractivity contribution in [2.75, 3.05) is 0 Å². The molecule has 0 heterocycles. The van der Waals surface area contributed by atoms with E-state index in [9.17, 15) is 18.3 Å². The van der Waals surface area contributed by atoms with Gasteiger partial charge in [-0.1, -0.05) is 44.0 Å². The summed E-state index contributed by atoms with van der Waals surface area (Å²) in [6.45, 7) is 0. The lowest BCUT2D eigenvalue weighted by atomic mass is 10.1. The predicted molar refractivity (Wildman–Crippen MR) is 137 cm³/mol. The van der Waals surface area contributed by atoms with E-state index < -0.39 is 15.6 Å². The minimum absolute atomic E-state index is 0.0179. The van der Waals surface area contributed by atoms with E-state index in [4.69, 9.17) is 0 Å². The second kappa shape index (κ2) is 10.1. The summed E-state index contributed by atoms with van der Waals surface area (Å²) in [4.78, 5) is 12.9. The molecule has 4 nitrogen and oxygen atoms in total. The van der Waals surface area contributed by atoms with E-state index in [-0.39, 0.29) is 22.0 Å². The number of carbonyl (C=O) groups excluding carboxylic acids is 1. The number of Topliss-reactive ketones (excluding diaryl/α,β-unsaturated/α-hetero) is 1. The largest absolute Gasteiger partial charge is 0.506 e. The van der Waals surface area contributed by atoms with Crippen LogP contribution in [0.25, 0.3) is 6.08 Å². The topological polar surface area (TPSA) is 71.4 Å². The summed E-state index contributed by atoms with van der Waals surface area (Å²) >= 11 is 13.1. The fourth-order valence-corrected chi connectivity index (χ4v) is 5.99. The standard InChI is InChI=1S/C22H14Br4O4S/c23-16-5-1-13(2-6-16)12-31(29,30)20(21(27)15-3-7-17(24)8-4-15)11-14-9-18(25)22(28)19(26)10-14/h1-11,28H,12H2/b20-11+. The number of rotatable bonds is 6. The fraction of sp³-hybridized carbons (Fsp3) is 0.0455. The summed E-state index contributed by atoms with van der Waals surface area (Å²) in [5, 5.41) is 9.95. The number of hydrogen-bond acceptors (Lipinski definition) is 4. The average molecular weight is 694 g/mol. The number of ketones is 1. The number of allylic oxidation sites excluding steroid dienone is 1. The highest BCUT2D eigenvalue weighted by molar-refractivity contribution is 9.11. The molecule has 31 heavy (non-hydrogen) atoms. The van der Waals surface area contributed by atoms with E-state index in [1.54, 1.807) is 60.7 Å². The van der Waals surface area contributed by atoms with Crippen LogP contribution in [-0.4, -0.2) is 19.3 Å². The van der Waals surface area contributed by atoms with Crippen LogP contribution in [-0.2, 0) is 15.6 Å². The third-order valence-corrected chi connectivity index (χ3v) is 8.23. The van der Waals surface area contributed by atoms with Crippen LogP contribution in [0.4, 0.5) is 0 Å². The molecule has 0 amide bonds. The summed E-state index contributed by atoms with van der Waals surface area (Å²) in [5.41, 5.74) is 1.26. The number of phenolic OH excluding ortho intramolecular Hbond substituents is 1. The predicted octanol–water partition coefficient (Wildman–Crippen LogP) is 7.28. The van der Waals surface area contributed by atoms with Crippen molar-refractivity contribution in [3.05, 3.63) is 100 Å². The number of aromatic hydroxyl groups is 1. The first kappa shape index (κ1) is 24.4. The second-order valence-corrected chi connectivity index (χ2v) is 12.1.